The number of amides is 3. The van der Waals surface area contributed by atoms with Crippen molar-refractivity contribution in [2.75, 3.05) is 25.5 Å². The molecule has 7 heteroatoms. The molecule has 0 radical (unpaired) electrons. The van der Waals surface area contributed by atoms with Crippen molar-refractivity contribution in [3.63, 3.8) is 0 Å². The molecule has 1 aliphatic rings. The van der Waals surface area contributed by atoms with Crippen molar-refractivity contribution in [1.29, 1.82) is 0 Å². The zero-order valence-electron chi connectivity index (χ0n) is 13.2. The molecule has 1 unspecified atom stereocenters. The fourth-order valence-electron chi connectivity index (χ4n) is 2.46. The standard InChI is InChI=1S/C15H22N4O3/c1-4-14(20)19-8-7-11(9-19)17-15(21)18-12-5-6-13(22-3)16-10(12)2/h5-6,11H,4,7-9H2,1-3H3,(H2,17,18,21). The van der Waals surface area contributed by atoms with Gasteiger partial charge in [-0.05, 0) is 19.4 Å². The monoisotopic (exact) mass is 306 g/mol. The number of carbonyl (C=O) groups excluding carboxylic acids is 2. The van der Waals surface area contributed by atoms with Crippen LogP contribution in [0.5, 0.6) is 5.88 Å². The summed E-state index contributed by atoms with van der Waals surface area (Å²) in [5, 5.41) is 5.66. The number of nitrogens with one attached hydrogen (secondary N) is 2. The molecule has 2 N–H and O–H groups in total. The molecule has 1 aliphatic heterocycles. The Bertz CT molecular complexity index is 562. The number of rotatable bonds is 4. The average Bonchev–Trinajstić information content (AvgIpc) is 2.96. The van der Waals surface area contributed by atoms with E-state index in [2.05, 4.69) is 15.6 Å². The molecule has 7 nitrogen and oxygen atoms in total. The largest absolute Gasteiger partial charge is 0.481 e. The maximum Gasteiger partial charge on any atom is 0.319 e. The molecular weight excluding hydrogens is 284 g/mol. The molecule has 0 spiro atoms. The summed E-state index contributed by atoms with van der Waals surface area (Å²) in [7, 11) is 1.55. The van der Waals surface area contributed by atoms with Gasteiger partial charge in [-0.3, -0.25) is 4.79 Å². The summed E-state index contributed by atoms with van der Waals surface area (Å²) in [6, 6.07) is 3.15. The van der Waals surface area contributed by atoms with E-state index in [0.717, 1.165) is 6.42 Å². The number of urea groups is 1. The van der Waals surface area contributed by atoms with Gasteiger partial charge in [0.25, 0.3) is 0 Å². The van der Waals surface area contributed by atoms with Gasteiger partial charge in [0.15, 0.2) is 0 Å². The molecule has 0 aromatic carbocycles. The lowest BCUT2D eigenvalue weighted by Gasteiger charge is -2.17. The van der Waals surface area contributed by atoms with Crippen LogP contribution < -0.4 is 15.4 Å². The van der Waals surface area contributed by atoms with Gasteiger partial charge in [-0.2, -0.15) is 0 Å². The van der Waals surface area contributed by atoms with Crippen LogP contribution in [0.4, 0.5) is 10.5 Å². The molecule has 22 heavy (non-hydrogen) atoms. The Hall–Kier alpha value is -2.31. The number of ether oxygens (including phenoxy) is 1. The number of aryl methyl sites for hydroxylation is 1. The Morgan fingerprint density at radius 3 is 2.86 bits per heavy atom. The Morgan fingerprint density at radius 1 is 1.45 bits per heavy atom. The van der Waals surface area contributed by atoms with Crippen LogP contribution >= 0.6 is 0 Å². The van der Waals surface area contributed by atoms with Crippen molar-refractivity contribution in [1.82, 2.24) is 15.2 Å². The number of hydrogen-bond acceptors (Lipinski definition) is 4. The first kappa shape index (κ1) is 16.1. The van der Waals surface area contributed by atoms with Gasteiger partial charge in [-0.15, -0.1) is 0 Å². The van der Waals surface area contributed by atoms with Crippen molar-refractivity contribution < 1.29 is 14.3 Å². The highest BCUT2D eigenvalue weighted by Crippen LogP contribution is 2.17. The van der Waals surface area contributed by atoms with Gasteiger partial charge in [0.1, 0.15) is 0 Å². The highest BCUT2D eigenvalue weighted by molar-refractivity contribution is 5.90. The highest BCUT2D eigenvalue weighted by atomic mass is 16.5. The van der Waals surface area contributed by atoms with Crippen LogP contribution in [0.1, 0.15) is 25.5 Å². The summed E-state index contributed by atoms with van der Waals surface area (Å²) in [6.07, 6.45) is 1.27. The topological polar surface area (TPSA) is 83.6 Å². The molecular formula is C15H22N4O3. The maximum absolute atomic E-state index is 12.0. The number of likely N-dealkylation sites (tertiary alicyclic amines) is 1. The predicted molar refractivity (Wildman–Crippen MR) is 83.0 cm³/mol. The zero-order valence-corrected chi connectivity index (χ0v) is 13.2. The summed E-state index contributed by atoms with van der Waals surface area (Å²) in [5.41, 5.74) is 1.32. The van der Waals surface area contributed by atoms with Gasteiger partial charge in [0, 0.05) is 31.6 Å². The van der Waals surface area contributed by atoms with Crippen LogP contribution in [0.3, 0.4) is 0 Å². The molecule has 1 aromatic heterocycles. The van der Waals surface area contributed by atoms with E-state index in [9.17, 15) is 9.59 Å². The quantitative estimate of drug-likeness (QED) is 0.883. The lowest BCUT2D eigenvalue weighted by molar-refractivity contribution is -0.129. The fraction of sp³-hybridized carbons (Fsp3) is 0.533. The van der Waals surface area contributed by atoms with E-state index in [-0.39, 0.29) is 18.0 Å². The summed E-state index contributed by atoms with van der Waals surface area (Å²) in [6.45, 7) is 4.91. The molecule has 2 heterocycles. The van der Waals surface area contributed by atoms with E-state index >= 15 is 0 Å². The molecule has 2 rings (SSSR count). The Labute approximate surface area is 130 Å². The third kappa shape index (κ3) is 3.87. The highest BCUT2D eigenvalue weighted by Gasteiger charge is 2.26. The minimum atomic E-state index is -0.286. The molecule has 1 fully saturated rings. The molecule has 1 aromatic rings. The van der Waals surface area contributed by atoms with Gasteiger partial charge in [0.2, 0.25) is 11.8 Å². The molecule has 0 aliphatic carbocycles. The summed E-state index contributed by atoms with van der Waals surface area (Å²) >= 11 is 0. The Morgan fingerprint density at radius 2 is 2.23 bits per heavy atom. The normalized spacial score (nSPS) is 17.2. The van der Waals surface area contributed by atoms with Crippen molar-refractivity contribution in [2.45, 2.75) is 32.7 Å². The first-order valence-electron chi connectivity index (χ1n) is 7.40. The van der Waals surface area contributed by atoms with Gasteiger partial charge >= 0.3 is 6.03 Å². The molecule has 0 saturated carbocycles. The van der Waals surface area contributed by atoms with Crippen LogP contribution in [0, 0.1) is 6.92 Å². The molecule has 0 bridgehead atoms. The second-order valence-electron chi connectivity index (χ2n) is 5.26. The van der Waals surface area contributed by atoms with E-state index in [1.165, 1.54) is 0 Å². The van der Waals surface area contributed by atoms with E-state index in [4.69, 9.17) is 4.74 Å². The van der Waals surface area contributed by atoms with Crippen molar-refractivity contribution in [3.05, 3.63) is 17.8 Å². The first-order chi connectivity index (χ1) is 10.5. The van der Waals surface area contributed by atoms with Crippen LogP contribution in [0.2, 0.25) is 0 Å². The number of methoxy groups -OCH3 is 1. The van der Waals surface area contributed by atoms with E-state index in [1.54, 1.807) is 31.1 Å². The number of carbonyl (C=O) groups is 2. The molecule has 1 saturated heterocycles. The van der Waals surface area contributed by atoms with E-state index in [1.807, 2.05) is 6.92 Å². The summed E-state index contributed by atoms with van der Waals surface area (Å²) in [5.74, 6) is 0.632. The summed E-state index contributed by atoms with van der Waals surface area (Å²) < 4.78 is 5.03. The van der Waals surface area contributed by atoms with Crippen LogP contribution in [-0.2, 0) is 4.79 Å². The third-order valence-corrected chi connectivity index (χ3v) is 3.70. The molecule has 1 atom stereocenters. The van der Waals surface area contributed by atoms with Crippen LogP contribution in [-0.4, -0.2) is 48.1 Å². The average molecular weight is 306 g/mol. The van der Waals surface area contributed by atoms with Gasteiger partial charge in [0.05, 0.1) is 18.5 Å². The van der Waals surface area contributed by atoms with Crippen molar-refractivity contribution >= 4 is 17.6 Å². The predicted octanol–water partition coefficient (Wildman–Crippen LogP) is 1.53. The number of aromatic nitrogens is 1. The van der Waals surface area contributed by atoms with Crippen molar-refractivity contribution in [2.24, 2.45) is 0 Å². The molecule has 3 amide bonds. The third-order valence-electron chi connectivity index (χ3n) is 3.70. The number of hydrogen-bond donors (Lipinski definition) is 2. The smallest absolute Gasteiger partial charge is 0.319 e. The number of nitrogens with zero attached hydrogens (tertiary/aromatic N) is 2. The second kappa shape index (κ2) is 7.11. The van der Waals surface area contributed by atoms with E-state index < -0.39 is 0 Å². The number of pyridine rings is 1. The second-order valence-corrected chi connectivity index (χ2v) is 5.26. The first-order valence-corrected chi connectivity index (χ1v) is 7.40. The lowest BCUT2D eigenvalue weighted by Crippen LogP contribution is -2.40. The van der Waals surface area contributed by atoms with Gasteiger partial charge < -0.3 is 20.3 Å². The molecule has 120 valence electrons. The summed E-state index contributed by atoms with van der Waals surface area (Å²) in [4.78, 5) is 29.6. The zero-order chi connectivity index (χ0) is 16.1. The SMILES string of the molecule is CCC(=O)N1CCC(NC(=O)Nc2ccc(OC)nc2C)C1. The minimum absolute atomic E-state index is 0.0120. The van der Waals surface area contributed by atoms with Crippen molar-refractivity contribution in [3.8, 4) is 5.88 Å². The van der Waals surface area contributed by atoms with E-state index in [0.29, 0.717) is 36.8 Å². The fourth-order valence-corrected chi connectivity index (χ4v) is 2.46. The maximum atomic E-state index is 12.0. The van der Waals surface area contributed by atoms with Crippen LogP contribution in [0.25, 0.3) is 0 Å². The number of anilines is 1. The lowest BCUT2D eigenvalue weighted by atomic mass is 10.2. The van der Waals surface area contributed by atoms with Crippen LogP contribution in [0.15, 0.2) is 12.1 Å². The Kier molecular flexibility index (Phi) is 5.19. The van der Waals surface area contributed by atoms with Gasteiger partial charge in [-0.25, -0.2) is 9.78 Å². The Balaban J connectivity index is 1.87. The van der Waals surface area contributed by atoms with Gasteiger partial charge in [-0.1, -0.05) is 6.92 Å². The minimum Gasteiger partial charge on any atom is -0.481 e.